The highest BCUT2D eigenvalue weighted by atomic mass is 19.1. The van der Waals surface area contributed by atoms with Crippen molar-refractivity contribution in [2.24, 2.45) is 0 Å². The minimum atomic E-state index is -0.401. The third-order valence-electron chi connectivity index (χ3n) is 3.02. The number of amides is 1. The number of carbonyl (C=O) groups excluding carboxylic acids is 1. The monoisotopic (exact) mass is 288 g/mol. The van der Waals surface area contributed by atoms with Gasteiger partial charge in [-0.15, -0.1) is 0 Å². The molecule has 0 radical (unpaired) electrons. The van der Waals surface area contributed by atoms with Gasteiger partial charge in [0.25, 0.3) is 5.91 Å². The third kappa shape index (κ3) is 3.51. The van der Waals surface area contributed by atoms with Crippen LogP contribution in [-0.4, -0.2) is 27.1 Å². The zero-order valence-electron chi connectivity index (χ0n) is 12.2. The summed E-state index contributed by atoms with van der Waals surface area (Å²) in [5, 5.41) is 2.72. The summed E-state index contributed by atoms with van der Waals surface area (Å²) in [6.07, 6.45) is 0. The lowest BCUT2D eigenvalue weighted by atomic mass is 10.2. The van der Waals surface area contributed by atoms with Crippen LogP contribution in [0, 0.1) is 5.82 Å². The number of nitrogens with zero attached hydrogens (tertiary/aromatic N) is 1. The molecule has 21 heavy (non-hydrogen) atoms. The number of carbonyl (C=O) groups is 1. The van der Waals surface area contributed by atoms with Crippen molar-refractivity contribution in [3.63, 3.8) is 0 Å². The fourth-order valence-corrected chi connectivity index (χ4v) is 1.96. The van der Waals surface area contributed by atoms with Crippen LogP contribution in [-0.2, 0) is 0 Å². The number of rotatable bonds is 4. The van der Waals surface area contributed by atoms with Crippen molar-refractivity contribution in [2.75, 3.05) is 31.4 Å². The van der Waals surface area contributed by atoms with E-state index in [4.69, 9.17) is 4.74 Å². The molecule has 5 heteroatoms. The lowest BCUT2D eigenvalue weighted by Gasteiger charge is -2.18. The van der Waals surface area contributed by atoms with Gasteiger partial charge in [-0.05, 0) is 36.4 Å². The summed E-state index contributed by atoms with van der Waals surface area (Å²) < 4.78 is 18.5. The van der Waals surface area contributed by atoms with Gasteiger partial charge in [-0.2, -0.15) is 0 Å². The summed E-state index contributed by atoms with van der Waals surface area (Å²) in [4.78, 5) is 14.1. The van der Waals surface area contributed by atoms with Crippen molar-refractivity contribution in [3.8, 4) is 5.75 Å². The van der Waals surface area contributed by atoms with E-state index in [1.807, 2.05) is 14.1 Å². The van der Waals surface area contributed by atoms with Crippen LogP contribution in [0.5, 0.6) is 5.75 Å². The minimum absolute atomic E-state index is 0.317. The van der Waals surface area contributed by atoms with Crippen LogP contribution in [0.2, 0.25) is 0 Å². The first-order chi connectivity index (χ1) is 10.0. The molecule has 0 spiro atoms. The van der Waals surface area contributed by atoms with Crippen molar-refractivity contribution in [1.29, 1.82) is 0 Å². The zero-order valence-corrected chi connectivity index (χ0v) is 12.2. The number of ether oxygens (including phenoxy) is 1. The number of halogens is 1. The van der Waals surface area contributed by atoms with Crippen LogP contribution in [0.25, 0.3) is 0 Å². The molecule has 0 bridgehead atoms. The van der Waals surface area contributed by atoms with E-state index < -0.39 is 5.82 Å². The molecular formula is C16H17FN2O2. The molecule has 2 aromatic carbocycles. The molecule has 2 aromatic rings. The largest absolute Gasteiger partial charge is 0.497 e. The fourth-order valence-electron chi connectivity index (χ4n) is 1.96. The lowest BCUT2D eigenvalue weighted by molar-refractivity contribution is 0.102. The zero-order chi connectivity index (χ0) is 15.4. The molecule has 1 N–H and O–H groups in total. The molecular weight excluding hydrogens is 271 g/mol. The number of nitrogens with one attached hydrogen (secondary N) is 1. The number of benzene rings is 2. The summed E-state index contributed by atoms with van der Waals surface area (Å²) >= 11 is 0. The quantitative estimate of drug-likeness (QED) is 0.939. The molecule has 0 aliphatic carbocycles. The second-order valence-corrected chi connectivity index (χ2v) is 4.74. The molecule has 0 atom stereocenters. The average molecular weight is 288 g/mol. The molecule has 0 aliphatic rings. The topological polar surface area (TPSA) is 41.6 Å². The number of hydrogen-bond donors (Lipinski definition) is 1. The van der Waals surface area contributed by atoms with Gasteiger partial charge in [-0.3, -0.25) is 4.79 Å². The van der Waals surface area contributed by atoms with Crippen molar-refractivity contribution >= 4 is 17.3 Å². The van der Waals surface area contributed by atoms with Crippen LogP contribution >= 0.6 is 0 Å². The maximum absolute atomic E-state index is 13.4. The van der Waals surface area contributed by atoms with Crippen molar-refractivity contribution in [1.82, 2.24) is 0 Å². The second-order valence-electron chi connectivity index (χ2n) is 4.74. The molecule has 0 aliphatic heterocycles. The van der Waals surface area contributed by atoms with E-state index in [0.717, 1.165) is 5.69 Å². The third-order valence-corrected chi connectivity index (χ3v) is 3.02. The molecule has 0 saturated carbocycles. The van der Waals surface area contributed by atoms with E-state index in [9.17, 15) is 9.18 Å². The smallest absolute Gasteiger partial charge is 0.255 e. The molecule has 1 amide bonds. The maximum atomic E-state index is 13.4. The molecule has 0 unspecified atom stereocenters. The Bertz CT molecular complexity index is 656. The molecule has 0 fully saturated rings. The van der Waals surface area contributed by atoms with Gasteiger partial charge >= 0.3 is 0 Å². The normalized spacial score (nSPS) is 10.1. The van der Waals surface area contributed by atoms with Crippen molar-refractivity contribution in [3.05, 3.63) is 53.8 Å². The van der Waals surface area contributed by atoms with Gasteiger partial charge in [0.05, 0.1) is 18.5 Å². The fraction of sp³-hybridized carbons (Fsp3) is 0.188. The van der Waals surface area contributed by atoms with E-state index in [1.165, 1.54) is 19.2 Å². The highest BCUT2D eigenvalue weighted by Gasteiger charge is 2.12. The maximum Gasteiger partial charge on any atom is 0.255 e. The summed E-state index contributed by atoms with van der Waals surface area (Å²) in [6.45, 7) is 0. The van der Waals surface area contributed by atoms with Crippen LogP contribution in [0.15, 0.2) is 42.5 Å². The summed E-state index contributed by atoms with van der Waals surface area (Å²) in [5.41, 5.74) is 1.60. The Hall–Kier alpha value is -2.56. The Morgan fingerprint density at radius 2 is 1.95 bits per heavy atom. The Morgan fingerprint density at radius 1 is 1.19 bits per heavy atom. The Morgan fingerprint density at radius 3 is 2.62 bits per heavy atom. The van der Waals surface area contributed by atoms with Crippen molar-refractivity contribution in [2.45, 2.75) is 0 Å². The second kappa shape index (κ2) is 6.26. The number of methoxy groups -OCH3 is 1. The van der Waals surface area contributed by atoms with Crippen LogP contribution in [0.1, 0.15) is 10.4 Å². The number of hydrogen-bond acceptors (Lipinski definition) is 3. The molecule has 0 heterocycles. The van der Waals surface area contributed by atoms with Crippen LogP contribution < -0.4 is 15.0 Å². The van der Waals surface area contributed by atoms with Gasteiger partial charge in [-0.25, -0.2) is 4.39 Å². The predicted octanol–water partition coefficient (Wildman–Crippen LogP) is 3.15. The van der Waals surface area contributed by atoms with Gasteiger partial charge in [0.1, 0.15) is 11.6 Å². The van der Waals surface area contributed by atoms with E-state index in [0.29, 0.717) is 17.0 Å². The van der Waals surface area contributed by atoms with Gasteiger partial charge in [0, 0.05) is 19.7 Å². The summed E-state index contributed by atoms with van der Waals surface area (Å²) in [5.74, 6) is -0.126. The van der Waals surface area contributed by atoms with E-state index in [-0.39, 0.29) is 5.91 Å². The molecule has 110 valence electrons. The first-order valence-corrected chi connectivity index (χ1v) is 6.43. The first-order valence-electron chi connectivity index (χ1n) is 6.43. The van der Waals surface area contributed by atoms with Gasteiger partial charge < -0.3 is 15.0 Å². The minimum Gasteiger partial charge on any atom is -0.497 e. The first kappa shape index (κ1) is 14.8. The highest BCUT2D eigenvalue weighted by Crippen LogP contribution is 2.26. The van der Waals surface area contributed by atoms with E-state index in [1.54, 1.807) is 35.2 Å². The standard InChI is InChI=1S/C16H17FN2O2/c1-19(2)15-8-7-12(17)10-14(15)18-16(20)11-5-4-6-13(9-11)21-3/h4-10H,1-3H3,(H,18,20). The molecule has 0 aromatic heterocycles. The lowest BCUT2D eigenvalue weighted by Crippen LogP contribution is -2.17. The Kier molecular flexibility index (Phi) is 4.42. The summed E-state index contributed by atoms with van der Waals surface area (Å²) in [7, 11) is 5.19. The summed E-state index contributed by atoms with van der Waals surface area (Å²) in [6, 6.07) is 11.1. The van der Waals surface area contributed by atoms with Crippen LogP contribution in [0.4, 0.5) is 15.8 Å². The van der Waals surface area contributed by atoms with Gasteiger partial charge in [0.2, 0.25) is 0 Å². The Labute approximate surface area is 123 Å². The van der Waals surface area contributed by atoms with Crippen LogP contribution in [0.3, 0.4) is 0 Å². The molecule has 4 nitrogen and oxygen atoms in total. The van der Waals surface area contributed by atoms with E-state index in [2.05, 4.69) is 5.32 Å². The van der Waals surface area contributed by atoms with E-state index >= 15 is 0 Å². The predicted molar refractivity (Wildman–Crippen MR) is 81.7 cm³/mol. The van der Waals surface area contributed by atoms with Gasteiger partial charge in [-0.1, -0.05) is 6.07 Å². The highest BCUT2D eigenvalue weighted by molar-refractivity contribution is 6.06. The Balaban J connectivity index is 2.28. The molecule has 2 rings (SSSR count). The van der Waals surface area contributed by atoms with Gasteiger partial charge in [0.15, 0.2) is 0 Å². The van der Waals surface area contributed by atoms with Crippen molar-refractivity contribution < 1.29 is 13.9 Å². The number of anilines is 2. The SMILES string of the molecule is COc1cccc(C(=O)Nc2cc(F)ccc2N(C)C)c1. The average Bonchev–Trinajstić information content (AvgIpc) is 2.47. The molecule has 0 saturated heterocycles.